The molecule has 0 saturated carbocycles. The van der Waals surface area contributed by atoms with Crippen molar-refractivity contribution >= 4 is 11.9 Å². The molecule has 98 valence electrons. The molecule has 1 heterocycles. The Kier molecular flexibility index (Phi) is 4.33. The van der Waals surface area contributed by atoms with Crippen molar-refractivity contribution in [3.63, 3.8) is 0 Å². The van der Waals surface area contributed by atoms with Crippen LogP contribution in [0.1, 0.15) is 6.42 Å². The van der Waals surface area contributed by atoms with Crippen LogP contribution >= 0.6 is 0 Å². The number of halogens is 3. The van der Waals surface area contributed by atoms with Crippen LogP contribution in [0.25, 0.3) is 0 Å². The number of alkyl halides is 3. The van der Waals surface area contributed by atoms with E-state index in [-0.39, 0.29) is 13.1 Å². The maximum Gasteiger partial charge on any atom is 0.401 e. The third kappa shape index (κ3) is 4.59. The molecular weight excluding hydrogens is 241 g/mol. The van der Waals surface area contributed by atoms with Crippen molar-refractivity contribution in [3.8, 4) is 0 Å². The molecule has 0 aromatic rings. The number of hydrogen-bond donors (Lipinski definition) is 2. The van der Waals surface area contributed by atoms with Gasteiger partial charge in [-0.3, -0.25) is 9.59 Å². The van der Waals surface area contributed by atoms with E-state index in [1.54, 1.807) is 0 Å². The Labute approximate surface area is 95.6 Å². The van der Waals surface area contributed by atoms with Crippen LogP contribution in [0.15, 0.2) is 0 Å². The number of likely N-dealkylation sites (tertiary alicyclic amines) is 1. The van der Waals surface area contributed by atoms with Gasteiger partial charge in [0.05, 0.1) is 19.0 Å². The molecule has 1 fully saturated rings. The molecule has 8 heteroatoms. The molecule has 0 bridgehead atoms. The van der Waals surface area contributed by atoms with E-state index in [2.05, 4.69) is 0 Å². The average Bonchev–Trinajstić information content (AvgIpc) is 2.63. The fraction of sp³-hybridized carbons (Fsp3) is 0.778. The summed E-state index contributed by atoms with van der Waals surface area (Å²) in [6.45, 7) is -1.30. The topological polar surface area (TPSA) is 69.6 Å². The molecule has 1 aliphatic heterocycles. The fourth-order valence-electron chi connectivity index (χ4n) is 1.61. The lowest BCUT2D eigenvalue weighted by Crippen LogP contribution is -2.40. The Morgan fingerprint density at radius 1 is 1.41 bits per heavy atom. The molecule has 1 atom stereocenters. The van der Waals surface area contributed by atoms with E-state index in [1.165, 1.54) is 4.90 Å². The normalized spacial score (nSPS) is 20.6. The van der Waals surface area contributed by atoms with Gasteiger partial charge in [0.2, 0.25) is 5.91 Å². The summed E-state index contributed by atoms with van der Waals surface area (Å²) >= 11 is 0. The van der Waals surface area contributed by atoms with Crippen LogP contribution in [0.2, 0.25) is 0 Å². The van der Waals surface area contributed by atoms with Gasteiger partial charge in [0.15, 0.2) is 0 Å². The summed E-state index contributed by atoms with van der Waals surface area (Å²) in [5.41, 5.74) is 0. The second kappa shape index (κ2) is 5.35. The first kappa shape index (κ1) is 13.8. The van der Waals surface area contributed by atoms with Crippen LogP contribution < -0.4 is 5.32 Å². The molecule has 0 aromatic heterocycles. The molecule has 1 saturated heterocycles. The molecule has 0 radical (unpaired) electrons. The van der Waals surface area contributed by atoms with Crippen LogP contribution in [-0.2, 0) is 9.59 Å². The highest BCUT2D eigenvalue weighted by atomic mass is 19.4. The number of carbonyl (C=O) groups excluding carboxylic acids is 1. The van der Waals surface area contributed by atoms with Crippen LogP contribution in [0.3, 0.4) is 0 Å². The standard InChI is InChI=1S/C9H13F3N2O3/c10-9(11,12)5-13-3-7(15)14-2-1-6(4-14)8(16)17/h6,13H,1-5H2,(H,16,17). The Hall–Kier alpha value is -1.31. The summed E-state index contributed by atoms with van der Waals surface area (Å²) in [5.74, 6) is -2.09. The second-order valence-corrected chi connectivity index (χ2v) is 3.88. The highest BCUT2D eigenvalue weighted by molar-refractivity contribution is 5.80. The van der Waals surface area contributed by atoms with E-state index in [4.69, 9.17) is 5.11 Å². The number of carboxylic acids is 1. The van der Waals surface area contributed by atoms with Crippen molar-refractivity contribution in [1.82, 2.24) is 10.2 Å². The maximum absolute atomic E-state index is 11.8. The van der Waals surface area contributed by atoms with E-state index in [0.717, 1.165) is 0 Å². The van der Waals surface area contributed by atoms with E-state index >= 15 is 0 Å². The first-order valence-corrected chi connectivity index (χ1v) is 5.07. The molecule has 17 heavy (non-hydrogen) atoms. The summed E-state index contributed by atoms with van der Waals surface area (Å²) in [4.78, 5) is 23.3. The second-order valence-electron chi connectivity index (χ2n) is 3.88. The number of aliphatic carboxylic acids is 1. The van der Waals surface area contributed by atoms with Crippen molar-refractivity contribution < 1.29 is 27.9 Å². The molecule has 0 aliphatic carbocycles. The summed E-state index contributed by atoms with van der Waals surface area (Å²) in [5, 5.41) is 10.7. The van der Waals surface area contributed by atoms with Crippen molar-refractivity contribution in [3.05, 3.63) is 0 Å². The molecule has 0 aromatic carbocycles. The van der Waals surface area contributed by atoms with Gasteiger partial charge >= 0.3 is 12.1 Å². The Bertz CT molecular complexity index is 306. The lowest BCUT2D eigenvalue weighted by molar-refractivity contribution is -0.141. The average molecular weight is 254 g/mol. The minimum absolute atomic E-state index is 0.0713. The number of nitrogens with one attached hydrogen (secondary N) is 1. The largest absolute Gasteiger partial charge is 0.481 e. The monoisotopic (exact) mass is 254 g/mol. The number of carbonyl (C=O) groups is 2. The molecule has 1 unspecified atom stereocenters. The Morgan fingerprint density at radius 2 is 2.06 bits per heavy atom. The zero-order valence-corrected chi connectivity index (χ0v) is 8.96. The van der Waals surface area contributed by atoms with E-state index in [1.807, 2.05) is 5.32 Å². The lowest BCUT2D eigenvalue weighted by Gasteiger charge is -2.16. The van der Waals surface area contributed by atoms with Gasteiger partial charge < -0.3 is 15.3 Å². The first-order valence-electron chi connectivity index (χ1n) is 5.07. The molecule has 1 aliphatic rings. The van der Waals surface area contributed by atoms with Gasteiger partial charge in [-0.05, 0) is 6.42 Å². The van der Waals surface area contributed by atoms with Crippen molar-refractivity contribution in [2.45, 2.75) is 12.6 Å². The van der Waals surface area contributed by atoms with E-state index in [0.29, 0.717) is 6.42 Å². The number of amides is 1. The molecule has 1 amide bonds. The predicted octanol–water partition coefficient (Wildman–Crippen LogP) is 0.0714. The fourth-order valence-corrected chi connectivity index (χ4v) is 1.61. The minimum Gasteiger partial charge on any atom is -0.481 e. The van der Waals surface area contributed by atoms with Gasteiger partial charge in [-0.25, -0.2) is 0 Å². The van der Waals surface area contributed by atoms with Gasteiger partial charge in [-0.2, -0.15) is 13.2 Å². The lowest BCUT2D eigenvalue weighted by atomic mass is 10.1. The van der Waals surface area contributed by atoms with Crippen molar-refractivity contribution in [2.24, 2.45) is 5.92 Å². The summed E-state index contributed by atoms with van der Waals surface area (Å²) in [6, 6.07) is 0. The summed E-state index contributed by atoms with van der Waals surface area (Å²) in [7, 11) is 0. The van der Waals surface area contributed by atoms with Gasteiger partial charge in [0.25, 0.3) is 0 Å². The zero-order chi connectivity index (χ0) is 13.1. The Balaban J connectivity index is 2.28. The van der Waals surface area contributed by atoms with E-state index in [9.17, 15) is 22.8 Å². The van der Waals surface area contributed by atoms with Gasteiger partial charge in [-0.1, -0.05) is 0 Å². The van der Waals surface area contributed by atoms with Gasteiger partial charge in [-0.15, -0.1) is 0 Å². The van der Waals surface area contributed by atoms with Gasteiger partial charge in [0.1, 0.15) is 0 Å². The Morgan fingerprint density at radius 3 is 2.53 bits per heavy atom. The number of nitrogens with zero attached hydrogens (tertiary/aromatic N) is 1. The van der Waals surface area contributed by atoms with Crippen molar-refractivity contribution in [2.75, 3.05) is 26.2 Å². The highest BCUT2D eigenvalue weighted by Crippen LogP contribution is 2.16. The zero-order valence-electron chi connectivity index (χ0n) is 8.96. The first-order chi connectivity index (χ1) is 7.79. The van der Waals surface area contributed by atoms with Crippen LogP contribution in [-0.4, -0.2) is 54.2 Å². The molecule has 2 N–H and O–H groups in total. The predicted molar refractivity (Wildman–Crippen MR) is 51.2 cm³/mol. The third-order valence-electron chi connectivity index (χ3n) is 2.49. The molecule has 1 rings (SSSR count). The minimum atomic E-state index is -4.35. The van der Waals surface area contributed by atoms with Crippen molar-refractivity contribution in [1.29, 1.82) is 0 Å². The number of hydrogen-bond acceptors (Lipinski definition) is 3. The molecule has 0 spiro atoms. The quantitative estimate of drug-likeness (QED) is 0.745. The van der Waals surface area contributed by atoms with Crippen LogP contribution in [0.4, 0.5) is 13.2 Å². The molecular formula is C9H13F3N2O3. The smallest absolute Gasteiger partial charge is 0.401 e. The number of carboxylic acid groups (broad SMARTS) is 1. The van der Waals surface area contributed by atoms with Gasteiger partial charge in [0, 0.05) is 13.1 Å². The SMILES string of the molecule is O=C(O)C1CCN(C(=O)CNCC(F)(F)F)C1. The third-order valence-corrected chi connectivity index (χ3v) is 2.49. The highest BCUT2D eigenvalue weighted by Gasteiger charge is 2.31. The molecule has 5 nitrogen and oxygen atoms in total. The summed E-state index contributed by atoms with van der Waals surface area (Å²) < 4.78 is 35.4. The number of rotatable bonds is 4. The van der Waals surface area contributed by atoms with Crippen LogP contribution in [0, 0.1) is 5.92 Å². The van der Waals surface area contributed by atoms with Crippen LogP contribution in [0.5, 0.6) is 0 Å². The van der Waals surface area contributed by atoms with E-state index < -0.39 is 37.1 Å². The summed E-state index contributed by atoms with van der Waals surface area (Å²) in [6.07, 6.45) is -4.00. The maximum atomic E-state index is 11.8.